The van der Waals surface area contributed by atoms with E-state index in [-0.39, 0.29) is 5.69 Å². The number of carbonyl (C=O) groups excluding carboxylic acids is 1. The molecule has 0 saturated carbocycles. The fourth-order valence-corrected chi connectivity index (χ4v) is 1.26. The molecule has 110 valence electrons. The van der Waals surface area contributed by atoms with Gasteiger partial charge in [0.15, 0.2) is 0 Å². The topological polar surface area (TPSA) is 78.4 Å². The number of halogens is 4. The average molecular weight is 294 g/mol. The van der Waals surface area contributed by atoms with Gasteiger partial charge in [0.05, 0.1) is 12.0 Å². The number of benzene rings is 1. The molecule has 0 bridgehead atoms. The van der Waals surface area contributed by atoms with Crippen molar-refractivity contribution < 1.29 is 32.3 Å². The van der Waals surface area contributed by atoms with Gasteiger partial charge < -0.3 is 15.7 Å². The van der Waals surface area contributed by atoms with Crippen molar-refractivity contribution in [3.63, 3.8) is 0 Å². The van der Waals surface area contributed by atoms with Gasteiger partial charge >= 0.3 is 18.2 Å². The quantitative estimate of drug-likeness (QED) is 0.747. The van der Waals surface area contributed by atoms with E-state index in [1.54, 1.807) is 0 Å². The normalized spacial score (nSPS) is 11.0. The third-order valence-electron chi connectivity index (χ3n) is 2.15. The summed E-state index contributed by atoms with van der Waals surface area (Å²) in [7, 11) is 0. The third-order valence-corrected chi connectivity index (χ3v) is 2.15. The average Bonchev–Trinajstić information content (AvgIpc) is 2.29. The van der Waals surface area contributed by atoms with Crippen LogP contribution in [0, 0.1) is 5.82 Å². The highest BCUT2D eigenvalue weighted by molar-refractivity contribution is 5.93. The van der Waals surface area contributed by atoms with Gasteiger partial charge in [-0.15, -0.1) is 0 Å². The largest absolute Gasteiger partial charge is 0.478 e. The summed E-state index contributed by atoms with van der Waals surface area (Å²) < 4.78 is 48.6. The van der Waals surface area contributed by atoms with Crippen molar-refractivity contribution in [1.82, 2.24) is 5.32 Å². The van der Waals surface area contributed by atoms with Crippen molar-refractivity contribution in [3.05, 3.63) is 29.6 Å². The first-order chi connectivity index (χ1) is 9.19. The second kappa shape index (κ2) is 6.22. The summed E-state index contributed by atoms with van der Waals surface area (Å²) in [6.45, 7) is -0.623. The van der Waals surface area contributed by atoms with E-state index >= 15 is 0 Å². The minimum atomic E-state index is -4.39. The van der Waals surface area contributed by atoms with Crippen LogP contribution in [0.2, 0.25) is 0 Å². The fraction of sp³-hybridized carbons (Fsp3) is 0.273. The predicted molar refractivity (Wildman–Crippen MR) is 61.1 cm³/mol. The van der Waals surface area contributed by atoms with E-state index in [1.165, 1.54) is 0 Å². The minimum absolute atomic E-state index is 0.0479. The summed E-state index contributed by atoms with van der Waals surface area (Å²) in [5.74, 6) is -2.51. The van der Waals surface area contributed by atoms with E-state index in [4.69, 9.17) is 5.11 Å². The van der Waals surface area contributed by atoms with Gasteiger partial charge in [0.2, 0.25) is 0 Å². The molecule has 3 N–H and O–H groups in total. The molecule has 0 spiro atoms. The maximum atomic E-state index is 13.1. The standard InChI is InChI=1S/C11H10F4N2O3/c12-8-2-1-6(5-7(8)9(18)19)17-10(20)16-4-3-11(13,14)15/h1-2,5H,3-4H2,(H,18,19)(H2,16,17,20). The number of amides is 2. The van der Waals surface area contributed by atoms with Gasteiger partial charge in [-0.2, -0.15) is 13.2 Å². The first-order valence-corrected chi connectivity index (χ1v) is 5.33. The number of carboxylic acids is 1. The number of carboxylic acid groups (broad SMARTS) is 1. The molecule has 0 radical (unpaired) electrons. The Kier molecular flexibility index (Phi) is 4.89. The number of urea groups is 1. The van der Waals surface area contributed by atoms with E-state index in [0.29, 0.717) is 0 Å². The van der Waals surface area contributed by atoms with Crippen molar-refractivity contribution in [2.75, 3.05) is 11.9 Å². The zero-order valence-corrected chi connectivity index (χ0v) is 9.92. The number of nitrogens with one attached hydrogen (secondary N) is 2. The highest BCUT2D eigenvalue weighted by atomic mass is 19.4. The first-order valence-electron chi connectivity index (χ1n) is 5.33. The van der Waals surface area contributed by atoms with E-state index < -0.39 is 42.5 Å². The molecule has 1 rings (SSSR count). The molecule has 0 aromatic heterocycles. The maximum absolute atomic E-state index is 13.1. The highest BCUT2D eigenvalue weighted by Gasteiger charge is 2.26. The zero-order valence-electron chi connectivity index (χ0n) is 9.92. The van der Waals surface area contributed by atoms with E-state index in [2.05, 4.69) is 5.32 Å². The SMILES string of the molecule is O=C(NCCC(F)(F)F)Nc1ccc(F)c(C(=O)O)c1. The van der Waals surface area contributed by atoms with Crippen LogP contribution in [0.3, 0.4) is 0 Å². The minimum Gasteiger partial charge on any atom is -0.478 e. The molecule has 0 fully saturated rings. The Hall–Kier alpha value is -2.32. The molecule has 1 aromatic rings. The number of rotatable bonds is 4. The summed E-state index contributed by atoms with van der Waals surface area (Å²) in [6, 6.07) is 1.83. The van der Waals surface area contributed by atoms with Gasteiger partial charge in [-0.1, -0.05) is 0 Å². The monoisotopic (exact) mass is 294 g/mol. The van der Waals surface area contributed by atoms with Crippen molar-refractivity contribution in [2.24, 2.45) is 0 Å². The summed E-state index contributed by atoms with van der Waals surface area (Å²) >= 11 is 0. The van der Waals surface area contributed by atoms with Crippen molar-refractivity contribution >= 4 is 17.7 Å². The summed E-state index contributed by atoms with van der Waals surface area (Å²) in [5.41, 5.74) is -0.702. The second-order valence-electron chi connectivity index (χ2n) is 3.75. The number of alkyl halides is 3. The molecule has 0 aliphatic rings. The van der Waals surface area contributed by atoms with Gasteiger partial charge in [-0.25, -0.2) is 14.0 Å². The van der Waals surface area contributed by atoms with Gasteiger partial charge in [0.1, 0.15) is 5.82 Å². The fourth-order valence-electron chi connectivity index (χ4n) is 1.26. The lowest BCUT2D eigenvalue weighted by atomic mass is 10.2. The lowest BCUT2D eigenvalue weighted by Gasteiger charge is -2.09. The zero-order chi connectivity index (χ0) is 15.3. The molecule has 5 nitrogen and oxygen atoms in total. The van der Waals surface area contributed by atoms with Gasteiger partial charge in [-0.3, -0.25) is 0 Å². The van der Waals surface area contributed by atoms with Crippen molar-refractivity contribution in [2.45, 2.75) is 12.6 Å². The number of anilines is 1. The predicted octanol–water partition coefficient (Wildman–Crippen LogP) is 2.60. The van der Waals surface area contributed by atoms with Crippen LogP contribution in [-0.4, -0.2) is 29.8 Å². The molecule has 0 atom stereocenters. The first kappa shape index (κ1) is 15.7. The highest BCUT2D eigenvalue weighted by Crippen LogP contribution is 2.18. The Morgan fingerprint density at radius 1 is 1.25 bits per heavy atom. The Morgan fingerprint density at radius 3 is 2.45 bits per heavy atom. The molecule has 9 heteroatoms. The molecule has 0 heterocycles. The molecule has 1 aromatic carbocycles. The molecule has 20 heavy (non-hydrogen) atoms. The van der Waals surface area contributed by atoms with Crippen LogP contribution in [0.4, 0.5) is 28.0 Å². The van der Waals surface area contributed by atoms with E-state index in [1.807, 2.05) is 5.32 Å². The Balaban J connectivity index is 2.58. The lowest BCUT2D eigenvalue weighted by molar-refractivity contribution is -0.132. The summed E-state index contributed by atoms with van der Waals surface area (Å²) in [6.07, 6.45) is -5.58. The number of carbonyl (C=O) groups is 2. The molecular weight excluding hydrogens is 284 g/mol. The van der Waals surface area contributed by atoms with Crippen LogP contribution in [0.1, 0.15) is 16.8 Å². The molecular formula is C11H10F4N2O3. The van der Waals surface area contributed by atoms with Crippen molar-refractivity contribution in [1.29, 1.82) is 0 Å². The molecule has 0 unspecified atom stereocenters. The van der Waals surface area contributed by atoms with E-state index in [0.717, 1.165) is 18.2 Å². The Bertz CT molecular complexity index is 517. The van der Waals surface area contributed by atoms with Gasteiger partial charge in [-0.05, 0) is 18.2 Å². The van der Waals surface area contributed by atoms with Crippen LogP contribution in [0.5, 0.6) is 0 Å². The molecule has 0 saturated heterocycles. The van der Waals surface area contributed by atoms with Gasteiger partial charge in [0.25, 0.3) is 0 Å². The van der Waals surface area contributed by atoms with Crippen LogP contribution >= 0.6 is 0 Å². The third kappa shape index (κ3) is 5.12. The van der Waals surface area contributed by atoms with Crippen molar-refractivity contribution in [3.8, 4) is 0 Å². The second-order valence-corrected chi connectivity index (χ2v) is 3.75. The number of aromatic carboxylic acids is 1. The van der Waals surface area contributed by atoms with E-state index in [9.17, 15) is 27.2 Å². The van der Waals surface area contributed by atoms with Crippen LogP contribution < -0.4 is 10.6 Å². The van der Waals surface area contributed by atoms with Crippen LogP contribution in [0.15, 0.2) is 18.2 Å². The van der Waals surface area contributed by atoms with Gasteiger partial charge in [0, 0.05) is 12.2 Å². The van der Waals surface area contributed by atoms with Crippen LogP contribution in [-0.2, 0) is 0 Å². The maximum Gasteiger partial charge on any atom is 0.390 e. The molecule has 2 amide bonds. The number of hydrogen-bond acceptors (Lipinski definition) is 2. The van der Waals surface area contributed by atoms with Crippen LogP contribution in [0.25, 0.3) is 0 Å². The molecule has 0 aliphatic carbocycles. The molecule has 0 aliphatic heterocycles. The lowest BCUT2D eigenvalue weighted by Crippen LogP contribution is -2.31. The Morgan fingerprint density at radius 2 is 1.90 bits per heavy atom. The summed E-state index contributed by atoms with van der Waals surface area (Å²) in [4.78, 5) is 21.9. The summed E-state index contributed by atoms with van der Waals surface area (Å²) in [5, 5.41) is 12.7. The number of hydrogen-bond donors (Lipinski definition) is 3. The Labute approximate surface area is 110 Å². The smallest absolute Gasteiger partial charge is 0.390 e.